The Morgan fingerprint density at radius 3 is 2.79 bits per heavy atom. The molecular weight excluding hydrogens is 192 g/mol. The number of hydrogen-bond acceptors (Lipinski definition) is 0. The minimum Gasteiger partial charge on any atom is -0.0843 e. The maximum atomic E-state index is 6.00. The topological polar surface area (TPSA) is 0 Å². The quantitative estimate of drug-likeness (QED) is 0.652. The van der Waals surface area contributed by atoms with Gasteiger partial charge in [0, 0.05) is 5.02 Å². The Bertz CT molecular complexity index is 328. The molecule has 1 unspecified atom stereocenters. The van der Waals surface area contributed by atoms with Crippen LogP contribution in [0.4, 0.5) is 0 Å². The van der Waals surface area contributed by atoms with Crippen LogP contribution in [0.1, 0.15) is 31.4 Å². The van der Waals surface area contributed by atoms with Gasteiger partial charge in [0.2, 0.25) is 0 Å². The van der Waals surface area contributed by atoms with E-state index in [4.69, 9.17) is 11.6 Å². The van der Waals surface area contributed by atoms with Crippen LogP contribution in [0.15, 0.2) is 18.2 Å². The lowest BCUT2D eigenvalue weighted by molar-refractivity contribution is 0.343. The van der Waals surface area contributed by atoms with E-state index in [1.54, 1.807) is 0 Å². The predicted molar refractivity (Wildman–Crippen MR) is 61.8 cm³/mol. The van der Waals surface area contributed by atoms with Crippen molar-refractivity contribution < 1.29 is 0 Å². The van der Waals surface area contributed by atoms with Gasteiger partial charge < -0.3 is 0 Å². The van der Waals surface area contributed by atoms with Gasteiger partial charge in [-0.25, -0.2) is 0 Å². The zero-order chi connectivity index (χ0) is 10.1. The maximum absolute atomic E-state index is 6.00. The Morgan fingerprint density at radius 2 is 2.07 bits per heavy atom. The molecule has 0 saturated carbocycles. The first-order valence-electron chi connectivity index (χ1n) is 5.44. The first-order valence-corrected chi connectivity index (χ1v) is 5.82. The van der Waals surface area contributed by atoms with E-state index >= 15 is 0 Å². The average molecular weight is 209 g/mol. The van der Waals surface area contributed by atoms with Crippen molar-refractivity contribution in [2.24, 2.45) is 11.8 Å². The van der Waals surface area contributed by atoms with Crippen molar-refractivity contribution in [3.8, 4) is 0 Å². The summed E-state index contributed by atoms with van der Waals surface area (Å²) in [7, 11) is 0. The lowest BCUT2D eigenvalue weighted by atomic mass is 9.78. The lowest BCUT2D eigenvalue weighted by Crippen LogP contribution is -2.18. The SMILES string of the molecule is CC(C)C1CCc2ccc(Cl)cc2C1. The molecule has 0 N–H and O–H groups in total. The number of fused-ring (bicyclic) bond motifs is 1. The van der Waals surface area contributed by atoms with Crippen LogP contribution in [0.5, 0.6) is 0 Å². The lowest BCUT2D eigenvalue weighted by Gasteiger charge is -2.27. The highest BCUT2D eigenvalue weighted by molar-refractivity contribution is 6.30. The van der Waals surface area contributed by atoms with Crippen molar-refractivity contribution in [3.63, 3.8) is 0 Å². The van der Waals surface area contributed by atoms with E-state index < -0.39 is 0 Å². The van der Waals surface area contributed by atoms with Gasteiger partial charge in [0.25, 0.3) is 0 Å². The Balaban J connectivity index is 2.24. The fourth-order valence-corrected chi connectivity index (χ4v) is 2.52. The molecule has 1 aromatic rings. The minimum absolute atomic E-state index is 0.794. The average Bonchev–Trinajstić information content (AvgIpc) is 2.16. The normalized spacial score (nSPS) is 21.0. The van der Waals surface area contributed by atoms with E-state index in [1.807, 2.05) is 6.07 Å². The molecule has 0 radical (unpaired) electrons. The molecule has 0 bridgehead atoms. The Morgan fingerprint density at radius 1 is 1.29 bits per heavy atom. The van der Waals surface area contributed by atoms with Crippen molar-refractivity contribution in [2.45, 2.75) is 33.1 Å². The second kappa shape index (κ2) is 3.94. The third kappa shape index (κ3) is 1.95. The Labute approximate surface area is 91.3 Å². The largest absolute Gasteiger partial charge is 0.0843 e. The van der Waals surface area contributed by atoms with Gasteiger partial charge in [-0.2, -0.15) is 0 Å². The van der Waals surface area contributed by atoms with E-state index in [1.165, 1.54) is 30.4 Å². The predicted octanol–water partition coefficient (Wildman–Crippen LogP) is 4.10. The molecule has 0 heterocycles. The molecule has 1 aliphatic rings. The number of aryl methyl sites for hydroxylation is 1. The molecule has 1 heteroatoms. The molecule has 1 aliphatic carbocycles. The Kier molecular flexibility index (Phi) is 2.83. The minimum atomic E-state index is 0.794. The van der Waals surface area contributed by atoms with E-state index in [0.717, 1.165) is 16.9 Å². The van der Waals surface area contributed by atoms with Crippen LogP contribution in [0.25, 0.3) is 0 Å². The molecule has 2 rings (SSSR count). The highest BCUT2D eigenvalue weighted by Crippen LogP contribution is 2.31. The summed E-state index contributed by atoms with van der Waals surface area (Å²) in [6.07, 6.45) is 3.79. The molecule has 0 spiro atoms. The van der Waals surface area contributed by atoms with Gasteiger partial charge >= 0.3 is 0 Å². The van der Waals surface area contributed by atoms with E-state index in [0.29, 0.717) is 0 Å². The van der Waals surface area contributed by atoms with Gasteiger partial charge in [-0.3, -0.25) is 0 Å². The third-order valence-corrected chi connectivity index (χ3v) is 3.61. The number of benzene rings is 1. The van der Waals surface area contributed by atoms with Crippen LogP contribution in [-0.2, 0) is 12.8 Å². The van der Waals surface area contributed by atoms with E-state index in [9.17, 15) is 0 Å². The molecular formula is C13H17Cl. The molecule has 0 amide bonds. The molecule has 1 atom stereocenters. The molecule has 0 saturated heterocycles. The fourth-order valence-electron chi connectivity index (χ4n) is 2.32. The molecule has 0 aromatic heterocycles. The molecule has 0 nitrogen and oxygen atoms in total. The van der Waals surface area contributed by atoms with Gasteiger partial charge in [0.15, 0.2) is 0 Å². The van der Waals surface area contributed by atoms with Crippen LogP contribution >= 0.6 is 11.6 Å². The van der Waals surface area contributed by atoms with Gasteiger partial charge in [-0.1, -0.05) is 31.5 Å². The smallest absolute Gasteiger partial charge is 0.0408 e. The Hall–Kier alpha value is -0.490. The molecule has 14 heavy (non-hydrogen) atoms. The van der Waals surface area contributed by atoms with E-state index in [-0.39, 0.29) is 0 Å². The molecule has 1 aromatic carbocycles. The highest BCUT2D eigenvalue weighted by atomic mass is 35.5. The fraction of sp³-hybridized carbons (Fsp3) is 0.538. The van der Waals surface area contributed by atoms with Crippen molar-refractivity contribution in [2.75, 3.05) is 0 Å². The number of hydrogen-bond donors (Lipinski definition) is 0. The van der Waals surface area contributed by atoms with Gasteiger partial charge in [-0.05, 0) is 54.4 Å². The number of halogens is 1. The summed E-state index contributed by atoms with van der Waals surface area (Å²) < 4.78 is 0. The molecule has 0 aliphatic heterocycles. The van der Waals surface area contributed by atoms with Crippen molar-refractivity contribution in [1.29, 1.82) is 0 Å². The van der Waals surface area contributed by atoms with Crippen LogP contribution in [0.3, 0.4) is 0 Å². The summed E-state index contributed by atoms with van der Waals surface area (Å²) in [5.74, 6) is 1.64. The number of rotatable bonds is 1. The van der Waals surface area contributed by atoms with Gasteiger partial charge in [-0.15, -0.1) is 0 Å². The second-order valence-electron chi connectivity index (χ2n) is 4.66. The van der Waals surface area contributed by atoms with Gasteiger partial charge in [0.05, 0.1) is 0 Å². The first-order chi connectivity index (χ1) is 6.66. The van der Waals surface area contributed by atoms with Crippen LogP contribution in [0, 0.1) is 11.8 Å². The second-order valence-corrected chi connectivity index (χ2v) is 5.10. The molecule has 76 valence electrons. The first kappa shape index (κ1) is 10.0. The van der Waals surface area contributed by atoms with Crippen LogP contribution in [0.2, 0.25) is 5.02 Å². The summed E-state index contributed by atoms with van der Waals surface area (Å²) in [5.41, 5.74) is 2.98. The summed E-state index contributed by atoms with van der Waals surface area (Å²) in [6, 6.07) is 6.34. The summed E-state index contributed by atoms with van der Waals surface area (Å²) >= 11 is 6.00. The summed E-state index contributed by atoms with van der Waals surface area (Å²) in [6.45, 7) is 4.64. The summed E-state index contributed by atoms with van der Waals surface area (Å²) in [4.78, 5) is 0. The maximum Gasteiger partial charge on any atom is 0.0408 e. The standard InChI is InChI=1S/C13H17Cl/c1-9(2)11-4-3-10-5-6-13(14)8-12(10)7-11/h5-6,8-9,11H,3-4,7H2,1-2H3. The highest BCUT2D eigenvalue weighted by Gasteiger charge is 2.20. The van der Waals surface area contributed by atoms with Crippen LogP contribution in [-0.4, -0.2) is 0 Å². The van der Waals surface area contributed by atoms with Crippen LogP contribution < -0.4 is 0 Å². The van der Waals surface area contributed by atoms with E-state index in [2.05, 4.69) is 26.0 Å². The van der Waals surface area contributed by atoms with Crippen molar-refractivity contribution >= 4 is 11.6 Å². The molecule has 0 fully saturated rings. The zero-order valence-corrected chi connectivity index (χ0v) is 9.64. The van der Waals surface area contributed by atoms with Gasteiger partial charge in [0.1, 0.15) is 0 Å². The summed E-state index contributed by atoms with van der Waals surface area (Å²) in [5, 5.41) is 0.883. The van der Waals surface area contributed by atoms with Crippen molar-refractivity contribution in [3.05, 3.63) is 34.3 Å². The zero-order valence-electron chi connectivity index (χ0n) is 8.89. The monoisotopic (exact) mass is 208 g/mol. The van der Waals surface area contributed by atoms with Crippen molar-refractivity contribution in [1.82, 2.24) is 0 Å². The third-order valence-electron chi connectivity index (χ3n) is 3.38.